The molecule has 9 heteroatoms. The minimum atomic E-state index is -0.722. The molecule has 2 N–H and O–H groups in total. The van der Waals surface area contributed by atoms with Gasteiger partial charge in [-0.25, -0.2) is 0 Å². The van der Waals surface area contributed by atoms with Crippen LogP contribution in [0.25, 0.3) is 0 Å². The van der Waals surface area contributed by atoms with E-state index in [0.29, 0.717) is 31.7 Å². The molecule has 0 bridgehead atoms. The van der Waals surface area contributed by atoms with E-state index in [1.807, 2.05) is 18.2 Å². The summed E-state index contributed by atoms with van der Waals surface area (Å²) in [6, 6.07) is 5.37. The van der Waals surface area contributed by atoms with E-state index in [2.05, 4.69) is 10.6 Å². The van der Waals surface area contributed by atoms with Crippen molar-refractivity contribution in [2.45, 2.75) is 69.1 Å². The Hall–Kier alpha value is -3.10. The Kier molecular flexibility index (Phi) is 6.18. The van der Waals surface area contributed by atoms with Crippen LogP contribution in [-0.2, 0) is 25.6 Å². The number of hydrogen-bond donors (Lipinski definition) is 2. The molecule has 1 aliphatic carbocycles. The van der Waals surface area contributed by atoms with Gasteiger partial charge < -0.3 is 25.2 Å². The number of fused-ring (bicyclic) bond motifs is 2. The topological polar surface area (TPSA) is 108 Å². The minimum absolute atomic E-state index is 0.0281. The maximum absolute atomic E-state index is 13.6. The van der Waals surface area contributed by atoms with Crippen molar-refractivity contribution in [1.82, 2.24) is 20.4 Å². The van der Waals surface area contributed by atoms with Crippen molar-refractivity contribution in [3.05, 3.63) is 29.8 Å². The number of nitrogens with one attached hydrogen (secondary N) is 2. The lowest BCUT2D eigenvalue weighted by Crippen LogP contribution is -2.53. The second kappa shape index (κ2) is 9.27. The molecule has 4 amide bonds. The zero-order valence-corrected chi connectivity index (χ0v) is 19.5. The van der Waals surface area contributed by atoms with Crippen LogP contribution < -0.4 is 15.4 Å². The van der Waals surface area contributed by atoms with Crippen LogP contribution in [0, 0.1) is 5.92 Å². The molecule has 182 valence electrons. The van der Waals surface area contributed by atoms with E-state index < -0.39 is 18.1 Å². The van der Waals surface area contributed by atoms with Crippen LogP contribution in [-0.4, -0.2) is 77.8 Å². The predicted molar refractivity (Wildman–Crippen MR) is 123 cm³/mol. The zero-order valence-electron chi connectivity index (χ0n) is 19.5. The average Bonchev–Trinajstić information content (AvgIpc) is 3.57. The van der Waals surface area contributed by atoms with Crippen molar-refractivity contribution in [3.63, 3.8) is 0 Å². The van der Waals surface area contributed by atoms with Crippen molar-refractivity contribution in [1.29, 1.82) is 0 Å². The molecule has 1 saturated carbocycles. The third kappa shape index (κ3) is 4.12. The molecule has 4 atom stereocenters. The van der Waals surface area contributed by atoms with Gasteiger partial charge in [0.05, 0.1) is 19.6 Å². The third-order valence-corrected chi connectivity index (χ3v) is 7.79. The van der Waals surface area contributed by atoms with E-state index in [1.165, 1.54) is 0 Å². The fourth-order valence-electron chi connectivity index (χ4n) is 6.03. The Bertz CT molecular complexity index is 991. The standard InChI is InChI=1S/C25H32N4O5/c1-34-20-9-5-4-8-16(20)12-21(30)28-11-10-18-22(28)25(33)29-14-17(13-19(29)24(32)27-18)26-23(31)15-6-2-3-7-15/h4-5,8-9,15,17-19,22H,2-3,6-7,10-14H2,1H3,(H,26,31)(H,27,32)/t17-,18+,19+,22-/m0/s1. The van der Waals surface area contributed by atoms with Gasteiger partial charge in [-0.3, -0.25) is 19.2 Å². The molecule has 1 aromatic carbocycles. The summed E-state index contributed by atoms with van der Waals surface area (Å²) in [4.78, 5) is 55.7. The monoisotopic (exact) mass is 468 g/mol. The summed E-state index contributed by atoms with van der Waals surface area (Å²) >= 11 is 0. The molecule has 0 unspecified atom stereocenters. The van der Waals surface area contributed by atoms with Gasteiger partial charge in [-0.05, 0) is 31.7 Å². The Balaban J connectivity index is 1.30. The fraction of sp³-hybridized carbons (Fsp3) is 0.600. The van der Waals surface area contributed by atoms with Gasteiger partial charge in [0.15, 0.2) is 0 Å². The molecular weight excluding hydrogens is 436 g/mol. The number of benzene rings is 1. The summed E-state index contributed by atoms with van der Waals surface area (Å²) in [5, 5.41) is 6.08. The van der Waals surface area contributed by atoms with Crippen molar-refractivity contribution in [2.24, 2.45) is 5.92 Å². The van der Waals surface area contributed by atoms with E-state index in [1.54, 1.807) is 23.0 Å². The van der Waals surface area contributed by atoms with Crippen LogP contribution in [0.3, 0.4) is 0 Å². The first-order valence-electron chi connectivity index (χ1n) is 12.3. The SMILES string of the molecule is COc1ccccc1CC(=O)N1CC[C@H]2NC(=O)[C@H]3C[C@H](NC(=O)C4CCCC4)CN3C(=O)[C@H]21. The van der Waals surface area contributed by atoms with Crippen LogP contribution in [0.5, 0.6) is 5.75 Å². The second-order valence-electron chi connectivity index (χ2n) is 9.85. The number of hydrogen-bond acceptors (Lipinski definition) is 5. The molecule has 0 aromatic heterocycles. The van der Waals surface area contributed by atoms with Gasteiger partial charge in [0.25, 0.3) is 0 Å². The molecule has 5 rings (SSSR count). The number of methoxy groups -OCH3 is 1. The van der Waals surface area contributed by atoms with Gasteiger partial charge in [-0.1, -0.05) is 31.0 Å². The summed E-state index contributed by atoms with van der Waals surface area (Å²) in [5.41, 5.74) is 0.761. The predicted octanol–water partition coefficient (Wildman–Crippen LogP) is 0.613. The van der Waals surface area contributed by atoms with Gasteiger partial charge in [0.2, 0.25) is 23.6 Å². The maximum Gasteiger partial charge on any atom is 0.248 e. The fourth-order valence-corrected chi connectivity index (χ4v) is 6.03. The molecule has 9 nitrogen and oxygen atoms in total. The molecule has 4 fully saturated rings. The highest BCUT2D eigenvalue weighted by atomic mass is 16.5. The quantitative estimate of drug-likeness (QED) is 0.659. The highest BCUT2D eigenvalue weighted by Gasteiger charge is 2.52. The van der Waals surface area contributed by atoms with E-state index in [4.69, 9.17) is 4.74 Å². The normalized spacial score (nSPS) is 28.9. The van der Waals surface area contributed by atoms with Crippen LogP contribution in [0.4, 0.5) is 0 Å². The van der Waals surface area contributed by atoms with Gasteiger partial charge >= 0.3 is 0 Å². The third-order valence-electron chi connectivity index (χ3n) is 7.79. The Morgan fingerprint density at radius 3 is 2.68 bits per heavy atom. The van der Waals surface area contributed by atoms with Gasteiger partial charge in [-0.2, -0.15) is 0 Å². The van der Waals surface area contributed by atoms with Crippen molar-refractivity contribution >= 4 is 23.6 Å². The molecule has 1 aromatic rings. The van der Waals surface area contributed by atoms with Crippen LogP contribution >= 0.6 is 0 Å². The second-order valence-corrected chi connectivity index (χ2v) is 9.85. The van der Waals surface area contributed by atoms with Crippen molar-refractivity contribution in [2.75, 3.05) is 20.2 Å². The van der Waals surface area contributed by atoms with Crippen LogP contribution in [0.1, 0.15) is 44.1 Å². The number of likely N-dealkylation sites (tertiary alicyclic amines) is 1. The molecule has 3 aliphatic heterocycles. The smallest absolute Gasteiger partial charge is 0.248 e. The molecular formula is C25H32N4O5. The van der Waals surface area contributed by atoms with Gasteiger partial charge in [0, 0.05) is 30.6 Å². The summed E-state index contributed by atoms with van der Waals surface area (Å²) < 4.78 is 5.37. The van der Waals surface area contributed by atoms with E-state index in [9.17, 15) is 19.2 Å². The number of ether oxygens (including phenoxy) is 1. The Morgan fingerprint density at radius 2 is 1.91 bits per heavy atom. The summed E-state index contributed by atoms with van der Waals surface area (Å²) in [5.74, 6) is 0.123. The average molecular weight is 469 g/mol. The minimum Gasteiger partial charge on any atom is -0.496 e. The Morgan fingerprint density at radius 1 is 1.15 bits per heavy atom. The number of carbonyl (C=O) groups excluding carboxylic acids is 4. The lowest BCUT2D eigenvalue weighted by atomic mass is 10.1. The lowest BCUT2D eigenvalue weighted by molar-refractivity contribution is -0.144. The summed E-state index contributed by atoms with van der Waals surface area (Å²) in [6.45, 7) is 0.711. The number of amides is 4. The van der Waals surface area contributed by atoms with Gasteiger partial charge in [0.1, 0.15) is 17.8 Å². The van der Waals surface area contributed by atoms with E-state index in [0.717, 1.165) is 31.2 Å². The summed E-state index contributed by atoms with van der Waals surface area (Å²) in [7, 11) is 1.56. The lowest BCUT2D eigenvalue weighted by Gasteiger charge is -2.29. The Labute approximate surface area is 199 Å². The molecule has 34 heavy (non-hydrogen) atoms. The van der Waals surface area contributed by atoms with E-state index >= 15 is 0 Å². The molecule has 3 heterocycles. The molecule has 0 radical (unpaired) electrons. The van der Waals surface area contributed by atoms with Crippen molar-refractivity contribution in [3.8, 4) is 5.75 Å². The first-order chi connectivity index (χ1) is 16.5. The highest BCUT2D eigenvalue weighted by Crippen LogP contribution is 2.31. The maximum atomic E-state index is 13.6. The number of carbonyl (C=O) groups is 4. The summed E-state index contributed by atoms with van der Waals surface area (Å²) in [6.07, 6.45) is 5.02. The van der Waals surface area contributed by atoms with Crippen molar-refractivity contribution < 1.29 is 23.9 Å². The first kappa shape index (κ1) is 22.7. The molecule has 0 spiro atoms. The molecule has 4 aliphatic rings. The van der Waals surface area contributed by atoms with Gasteiger partial charge in [-0.15, -0.1) is 0 Å². The molecule has 3 saturated heterocycles. The zero-order chi connectivity index (χ0) is 23.8. The largest absolute Gasteiger partial charge is 0.496 e. The number of nitrogens with zero attached hydrogens (tertiary/aromatic N) is 2. The van der Waals surface area contributed by atoms with E-state index in [-0.39, 0.29) is 42.0 Å². The number of para-hydroxylation sites is 1. The number of rotatable bonds is 5. The first-order valence-corrected chi connectivity index (χ1v) is 12.3. The van der Waals surface area contributed by atoms with Crippen LogP contribution in [0.15, 0.2) is 24.3 Å². The highest BCUT2D eigenvalue weighted by molar-refractivity contribution is 5.97. The van der Waals surface area contributed by atoms with Crippen LogP contribution in [0.2, 0.25) is 0 Å².